The van der Waals surface area contributed by atoms with E-state index in [2.05, 4.69) is 20.9 Å². The van der Waals surface area contributed by atoms with E-state index < -0.39 is 0 Å². The van der Waals surface area contributed by atoms with Gasteiger partial charge in [-0.25, -0.2) is 9.48 Å². The Morgan fingerprint density at radius 2 is 1.63 bits per heavy atom. The van der Waals surface area contributed by atoms with E-state index in [-0.39, 0.29) is 18.0 Å². The van der Waals surface area contributed by atoms with Crippen LogP contribution in [0.3, 0.4) is 0 Å². The highest BCUT2D eigenvalue weighted by atomic mass is 16.2. The molecule has 1 aliphatic heterocycles. The third kappa shape index (κ3) is 5.37. The molecule has 2 fully saturated rings. The average Bonchev–Trinajstić information content (AvgIpc) is 3.24. The fourth-order valence-electron chi connectivity index (χ4n) is 4.25. The largest absolute Gasteiger partial charge is 0.348 e. The molecule has 0 spiro atoms. The predicted molar refractivity (Wildman–Crippen MR) is 113 cm³/mol. The SMILES string of the molecule is O=C(NC1CCN(C(=O)NC2CCCCC2)CC1)c1cn(Cc2ccccc2)nn1. The van der Waals surface area contributed by atoms with Gasteiger partial charge in [-0.15, -0.1) is 5.10 Å². The molecule has 1 saturated carbocycles. The van der Waals surface area contributed by atoms with Crippen molar-refractivity contribution < 1.29 is 9.59 Å². The molecule has 2 aromatic rings. The second-order valence-corrected chi connectivity index (χ2v) is 8.31. The van der Waals surface area contributed by atoms with Crippen LogP contribution in [0.15, 0.2) is 36.5 Å². The van der Waals surface area contributed by atoms with Crippen LogP contribution in [0.2, 0.25) is 0 Å². The van der Waals surface area contributed by atoms with Gasteiger partial charge >= 0.3 is 6.03 Å². The zero-order valence-electron chi connectivity index (χ0n) is 17.3. The summed E-state index contributed by atoms with van der Waals surface area (Å²) in [4.78, 5) is 26.9. The predicted octanol–water partition coefficient (Wildman–Crippen LogP) is 2.56. The van der Waals surface area contributed by atoms with Crippen molar-refractivity contribution in [1.29, 1.82) is 0 Å². The molecule has 1 aliphatic carbocycles. The van der Waals surface area contributed by atoms with E-state index in [9.17, 15) is 9.59 Å². The zero-order valence-corrected chi connectivity index (χ0v) is 17.3. The Hall–Kier alpha value is -2.90. The molecule has 2 heterocycles. The summed E-state index contributed by atoms with van der Waals surface area (Å²) < 4.78 is 1.67. The number of aromatic nitrogens is 3. The van der Waals surface area contributed by atoms with Gasteiger partial charge in [-0.05, 0) is 31.2 Å². The number of piperidine rings is 1. The highest BCUT2D eigenvalue weighted by molar-refractivity contribution is 5.92. The van der Waals surface area contributed by atoms with Crippen LogP contribution >= 0.6 is 0 Å². The van der Waals surface area contributed by atoms with E-state index in [0.29, 0.717) is 31.4 Å². The Balaban J connectivity index is 1.22. The third-order valence-electron chi connectivity index (χ3n) is 6.01. The molecule has 1 aromatic carbocycles. The van der Waals surface area contributed by atoms with E-state index >= 15 is 0 Å². The summed E-state index contributed by atoms with van der Waals surface area (Å²) in [6.07, 6.45) is 9.03. The van der Waals surface area contributed by atoms with Gasteiger partial charge in [0.05, 0.1) is 12.7 Å². The summed E-state index contributed by atoms with van der Waals surface area (Å²) in [6.45, 7) is 1.89. The van der Waals surface area contributed by atoms with Crippen LogP contribution in [0.4, 0.5) is 4.79 Å². The Bertz CT molecular complexity index is 838. The summed E-state index contributed by atoms with van der Waals surface area (Å²) >= 11 is 0. The van der Waals surface area contributed by atoms with Crippen LogP contribution in [-0.4, -0.2) is 57.0 Å². The Morgan fingerprint density at radius 1 is 0.933 bits per heavy atom. The van der Waals surface area contributed by atoms with Crippen molar-refractivity contribution in [2.75, 3.05) is 13.1 Å². The topological polar surface area (TPSA) is 92.2 Å². The number of carbonyl (C=O) groups excluding carboxylic acids is 2. The summed E-state index contributed by atoms with van der Waals surface area (Å²) in [5.74, 6) is -0.209. The van der Waals surface area contributed by atoms with Crippen LogP contribution in [0.1, 0.15) is 61.0 Å². The molecule has 2 N–H and O–H groups in total. The molecular formula is C22H30N6O2. The van der Waals surface area contributed by atoms with E-state index in [1.165, 1.54) is 19.3 Å². The van der Waals surface area contributed by atoms with E-state index in [1.807, 2.05) is 35.2 Å². The number of hydrogen-bond acceptors (Lipinski definition) is 4. The molecule has 1 saturated heterocycles. The number of urea groups is 1. The molecule has 2 aliphatic rings. The Labute approximate surface area is 177 Å². The maximum absolute atomic E-state index is 12.5. The van der Waals surface area contributed by atoms with Gasteiger partial charge in [0.2, 0.25) is 0 Å². The number of nitrogens with zero attached hydrogens (tertiary/aromatic N) is 4. The maximum Gasteiger partial charge on any atom is 0.317 e. The second-order valence-electron chi connectivity index (χ2n) is 8.31. The molecule has 30 heavy (non-hydrogen) atoms. The van der Waals surface area contributed by atoms with Crippen LogP contribution in [0, 0.1) is 0 Å². The highest BCUT2D eigenvalue weighted by Gasteiger charge is 2.26. The maximum atomic E-state index is 12.5. The monoisotopic (exact) mass is 410 g/mol. The van der Waals surface area contributed by atoms with Crippen molar-refractivity contribution in [3.05, 3.63) is 47.8 Å². The first-order chi connectivity index (χ1) is 14.7. The third-order valence-corrected chi connectivity index (χ3v) is 6.01. The van der Waals surface area contributed by atoms with Crippen molar-refractivity contribution in [3.8, 4) is 0 Å². The first kappa shape index (κ1) is 20.4. The molecule has 8 nitrogen and oxygen atoms in total. The number of rotatable bonds is 5. The summed E-state index contributed by atoms with van der Waals surface area (Å²) in [7, 11) is 0. The quantitative estimate of drug-likeness (QED) is 0.792. The Kier molecular flexibility index (Phi) is 6.61. The van der Waals surface area contributed by atoms with E-state index in [0.717, 1.165) is 31.2 Å². The van der Waals surface area contributed by atoms with Gasteiger partial charge in [0.1, 0.15) is 0 Å². The number of hydrogen-bond donors (Lipinski definition) is 2. The minimum absolute atomic E-state index is 0.0375. The van der Waals surface area contributed by atoms with Crippen molar-refractivity contribution in [3.63, 3.8) is 0 Å². The Morgan fingerprint density at radius 3 is 2.37 bits per heavy atom. The molecule has 0 atom stereocenters. The number of amides is 3. The first-order valence-corrected chi connectivity index (χ1v) is 11.0. The molecule has 1 aromatic heterocycles. The normalized spacial score (nSPS) is 18.2. The number of benzene rings is 1. The van der Waals surface area contributed by atoms with Gasteiger partial charge in [0.25, 0.3) is 5.91 Å². The van der Waals surface area contributed by atoms with Crippen molar-refractivity contribution in [1.82, 2.24) is 30.5 Å². The number of nitrogens with one attached hydrogen (secondary N) is 2. The van der Waals surface area contributed by atoms with E-state index in [4.69, 9.17) is 0 Å². The van der Waals surface area contributed by atoms with Gasteiger partial charge in [-0.1, -0.05) is 54.8 Å². The molecular weight excluding hydrogens is 380 g/mol. The van der Waals surface area contributed by atoms with E-state index in [1.54, 1.807) is 10.9 Å². The summed E-state index contributed by atoms with van der Waals surface area (Å²) in [5, 5.41) is 14.3. The second kappa shape index (κ2) is 9.73. The molecule has 0 radical (unpaired) electrons. The molecule has 0 bridgehead atoms. The van der Waals surface area contributed by atoms with Crippen LogP contribution in [-0.2, 0) is 6.54 Å². The van der Waals surface area contributed by atoms with Gasteiger partial charge in [0.15, 0.2) is 5.69 Å². The minimum Gasteiger partial charge on any atom is -0.348 e. The fraction of sp³-hybridized carbons (Fsp3) is 0.545. The van der Waals surface area contributed by atoms with Crippen molar-refractivity contribution >= 4 is 11.9 Å². The lowest BCUT2D eigenvalue weighted by Crippen LogP contribution is -2.51. The smallest absolute Gasteiger partial charge is 0.317 e. The van der Waals surface area contributed by atoms with Crippen LogP contribution in [0.25, 0.3) is 0 Å². The molecule has 0 unspecified atom stereocenters. The lowest BCUT2D eigenvalue weighted by Gasteiger charge is -2.34. The lowest BCUT2D eigenvalue weighted by atomic mass is 9.95. The van der Waals surface area contributed by atoms with Gasteiger partial charge < -0.3 is 15.5 Å². The van der Waals surface area contributed by atoms with Crippen molar-refractivity contribution in [2.24, 2.45) is 0 Å². The standard InChI is InChI=1S/C22H30N6O2/c29-21(20-16-28(26-25-20)15-17-7-3-1-4-8-17)23-19-11-13-27(14-12-19)22(30)24-18-9-5-2-6-10-18/h1,3-4,7-8,16,18-19H,2,5-6,9-15H2,(H,23,29)(H,24,30). The van der Waals surface area contributed by atoms with Crippen LogP contribution in [0.5, 0.6) is 0 Å². The highest BCUT2D eigenvalue weighted by Crippen LogP contribution is 2.18. The summed E-state index contributed by atoms with van der Waals surface area (Å²) in [5.41, 5.74) is 1.43. The minimum atomic E-state index is -0.209. The fourth-order valence-corrected chi connectivity index (χ4v) is 4.25. The summed E-state index contributed by atoms with van der Waals surface area (Å²) in [6, 6.07) is 10.4. The lowest BCUT2D eigenvalue weighted by molar-refractivity contribution is 0.0912. The van der Waals surface area contributed by atoms with Gasteiger partial charge in [-0.3, -0.25) is 4.79 Å². The van der Waals surface area contributed by atoms with Gasteiger partial charge in [0, 0.05) is 25.2 Å². The van der Waals surface area contributed by atoms with Gasteiger partial charge in [-0.2, -0.15) is 0 Å². The molecule has 160 valence electrons. The zero-order chi connectivity index (χ0) is 20.8. The van der Waals surface area contributed by atoms with Crippen LogP contribution < -0.4 is 10.6 Å². The number of carbonyl (C=O) groups is 2. The number of likely N-dealkylation sites (tertiary alicyclic amines) is 1. The van der Waals surface area contributed by atoms with Crippen molar-refractivity contribution in [2.45, 2.75) is 63.6 Å². The molecule has 3 amide bonds. The average molecular weight is 411 g/mol. The molecule has 8 heteroatoms. The first-order valence-electron chi connectivity index (χ1n) is 11.0. The molecule has 4 rings (SSSR count).